The van der Waals surface area contributed by atoms with Crippen molar-refractivity contribution in [1.29, 1.82) is 0 Å². The van der Waals surface area contributed by atoms with E-state index >= 15 is 0 Å². The minimum atomic E-state index is 0.115. The van der Waals surface area contributed by atoms with Gasteiger partial charge in [0.05, 0.1) is 6.26 Å². The molecular formula is C6H10O3S. The molecule has 0 fully saturated rings. The van der Waals surface area contributed by atoms with Crippen LogP contribution in [-0.2, 0) is 8.92 Å². The van der Waals surface area contributed by atoms with Crippen LogP contribution in [0.25, 0.3) is 0 Å². The first-order valence-electron chi connectivity index (χ1n) is 3.17. The van der Waals surface area contributed by atoms with Gasteiger partial charge in [-0.3, -0.25) is 4.18 Å². The smallest absolute Gasteiger partial charge is 0.155 e. The third kappa shape index (κ3) is 2.60. The van der Waals surface area contributed by atoms with Gasteiger partial charge in [0, 0.05) is 0 Å². The highest BCUT2D eigenvalue weighted by atomic mass is 32.2. The highest BCUT2D eigenvalue weighted by Gasteiger charge is 2.10. The summed E-state index contributed by atoms with van der Waals surface area (Å²) >= 11 is 0.391. The van der Waals surface area contributed by atoms with Gasteiger partial charge in [-0.15, -0.1) is 0 Å². The van der Waals surface area contributed by atoms with Crippen LogP contribution in [0.5, 0.6) is 0 Å². The second-order valence-electron chi connectivity index (χ2n) is 2.07. The Morgan fingerprint density at radius 3 is 3.30 bits per heavy atom. The van der Waals surface area contributed by atoms with Crippen molar-refractivity contribution >= 4 is 12.3 Å². The second kappa shape index (κ2) is 4.60. The Labute approximate surface area is 64.4 Å². The van der Waals surface area contributed by atoms with Crippen molar-refractivity contribution < 1.29 is 13.5 Å². The normalized spacial score (nSPS) is 24.3. The molecule has 0 amide bonds. The zero-order valence-corrected chi connectivity index (χ0v) is 6.34. The van der Waals surface area contributed by atoms with Crippen LogP contribution < -0.4 is 0 Å². The fraction of sp³-hybridized carbons (Fsp3) is 0.667. The van der Waals surface area contributed by atoms with E-state index in [0.717, 1.165) is 12.8 Å². The third-order valence-corrected chi connectivity index (χ3v) is 1.57. The first-order chi connectivity index (χ1) is 4.93. The molecule has 0 saturated carbocycles. The third-order valence-electron chi connectivity index (χ3n) is 1.33. The Morgan fingerprint density at radius 2 is 2.70 bits per heavy atom. The van der Waals surface area contributed by atoms with E-state index < -0.39 is 0 Å². The van der Waals surface area contributed by atoms with Crippen molar-refractivity contribution in [3.8, 4) is 0 Å². The highest BCUT2D eigenvalue weighted by molar-refractivity contribution is 7.88. The average molecular weight is 162 g/mol. The Morgan fingerprint density at radius 1 is 1.80 bits per heavy atom. The Bertz CT molecular complexity index is 116. The van der Waals surface area contributed by atoms with Gasteiger partial charge in [-0.2, -0.15) is 0 Å². The summed E-state index contributed by atoms with van der Waals surface area (Å²) in [6, 6.07) is 0. The monoisotopic (exact) mass is 162 g/mol. The largest absolute Gasteiger partial charge is 0.496 e. The predicted octanol–water partition coefficient (Wildman–Crippen LogP) is 1.82. The Kier molecular flexibility index (Phi) is 3.64. The molecule has 4 heteroatoms. The quantitative estimate of drug-likeness (QED) is 0.642. The molecule has 0 bridgehead atoms. The van der Waals surface area contributed by atoms with Crippen LogP contribution >= 0.6 is 12.3 Å². The van der Waals surface area contributed by atoms with Crippen molar-refractivity contribution in [2.75, 3.05) is 6.61 Å². The van der Waals surface area contributed by atoms with E-state index in [2.05, 4.69) is 4.18 Å². The SMILES string of the molecule is OSOCC1CCC=CO1. The van der Waals surface area contributed by atoms with Crippen molar-refractivity contribution in [1.82, 2.24) is 0 Å². The minimum Gasteiger partial charge on any atom is -0.496 e. The second-order valence-corrected chi connectivity index (χ2v) is 2.45. The van der Waals surface area contributed by atoms with Crippen LogP contribution in [0.4, 0.5) is 0 Å². The van der Waals surface area contributed by atoms with Crippen LogP contribution in [0.15, 0.2) is 12.3 Å². The van der Waals surface area contributed by atoms with Gasteiger partial charge in [-0.1, -0.05) is 0 Å². The molecule has 0 aromatic rings. The fourth-order valence-corrected chi connectivity index (χ4v) is 1.03. The van der Waals surface area contributed by atoms with E-state index in [-0.39, 0.29) is 6.10 Å². The van der Waals surface area contributed by atoms with Gasteiger partial charge in [-0.25, -0.2) is 0 Å². The van der Waals surface area contributed by atoms with Gasteiger partial charge >= 0.3 is 0 Å². The molecule has 1 unspecified atom stereocenters. The van der Waals surface area contributed by atoms with Gasteiger partial charge < -0.3 is 9.29 Å². The molecule has 1 N–H and O–H groups in total. The van der Waals surface area contributed by atoms with Crippen molar-refractivity contribution in [2.24, 2.45) is 0 Å². The first-order valence-corrected chi connectivity index (χ1v) is 3.87. The summed E-state index contributed by atoms with van der Waals surface area (Å²) in [6.45, 7) is 0.450. The van der Waals surface area contributed by atoms with E-state index in [0.29, 0.717) is 18.9 Å². The van der Waals surface area contributed by atoms with Crippen molar-refractivity contribution in [2.45, 2.75) is 18.9 Å². The molecule has 10 heavy (non-hydrogen) atoms. The Hall–Kier alpha value is -0.190. The lowest BCUT2D eigenvalue weighted by atomic mass is 10.2. The van der Waals surface area contributed by atoms with E-state index in [1.165, 1.54) is 0 Å². The first kappa shape index (κ1) is 7.91. The minimum absolute atomic E-state index is 0.115. The predicted molar refractivity (Wildman–Crippen MR) is 39.4 cm³/mol. The molecular weight excluding hydrogens is 152 g/mol. The average Bonchev–Trinajstić information content (AvgIpc) is 2.03. The molecule has 1 aliphatic heterocycles. The molecule has 0 aromatic heterocycles. The van der Waals surface area contributed by atoms with Crippen LogP contribution in [0, 0.1) is 0 Å². The number of hydrogen-bond donors (Lipinski definition) is 1. The number of ether oxygens (including phenoxy) is 1. The van der Waals surface area contributed by atoms with Crippen LogP contribution in [0.1, 0.15) is 12.8 Å². The maximum atomic E-state index is 8.22. The zero-order chi connectivity index (χ0) is 7.23. The van der Waals surface area contributed by atoms with Gasteiger partial charge in [0.25, 0.3) is 0 Å². The summed E-state index contributed by atoms with van der Waals surface area (Å²) in [5.74, 6) is 0. The number of hydrogen-bond acceptors (Lipinski definition) is 4. The van der Waals surface area contributed by atoms with Gasteiger partial charge in [0.15, 0.2) is 12.3 Å². The lowest BCUT2D eigenvalue weighted by molar-refractivity contribution is 0.0788. The summed E-state index contributed by atoms with van der Waals surface area (Å²) in [7, 11) is 0. The molecule has 1 atom stereocenters. The lowest BCUT2D eigenvalue weighted by Gasteiger charge is -2.17. The Balaban J connectivity index is 2.10. The lowest BCUT2D eigenvalue weighted by Crippen LogP contribution is -2.17. The summed E-state index contributed by atoms with van der Waals surface area (Å²) in [6.07, 6.45) is 5.77. The maximum Gasteiger partial charge on any atom is 0.155 e. The van der Waals surface area contributed by atoms with Crippen LogP contribution in [0.3, 0.4) is 0 Å². The zero-order valence-electron chi connectivity index (χ0n) is 5.53. The number of rotatable bonds is 3. The summed E-state index contributed by atoms with van der Waals surface area (Å²) < 4.78 is 18.1. The fourth-order valence-electron chi connectivity index (χ4n) is 0.814. The summed E-state index contributed by atoms with van der Waals surface area (Å²) in [4.78, 5) is 0. The standard InChI is InChI=1S/C6H10O3S/c7-10-9-5-6-3-1-2-4-8-6/h2,4,6-7H,1,3,5H2. The summed E-state index contributed by atoms with van der Waals surface area (Å²) in [5.41, 5.74) is 0. The maximum absolute atomic E-state index is 8.22. The van der Waals surface area contributed by atoms with E-state index in [9.17, 15) is 0 Å². The van der Waals surface area contributed by atoms with Crippen molar-refractivity contribution in [3.63, 3.8) is 0 Å². The van der Waals surface area contributed by atoms with Gasteiger partial charge in [0.2, 0.25) is 0 Å². The topological polar surface area (TPSA) is 38.7 Å². The van der Waals surface area contributed by atoms with Gasteiger partial charge in [0.1, 0.15) is 12.7 Å². The highest BCUT2D eigenvalue weighted by Crippen LogP contribution is 2.11. The van der Waals surface area contributed by atoms with E-state index in [4.69, 9.17) is 9.29 Å². The van der Waals surface area contributed by atoms with Crippen LogP contribution in [0.2, 0.25) is 0 Å². The molecule has 1 heterocycles. The molecule has 0 aromatic carbocycles. The molecule has 1 aliphatic rings. The molecule has 0 saturated heterocycles. The molecule has 0 aliphatic carbocycles. The molecule has 0 spiro atoms. The molecule has 0 radical (unpaired) electrons. The molecule has 58 valence electrons. The number of allylic oxidation sites excluding steroid dienone is 1. The summed E-state index contributed by atoms with van der Waals surface area (Å²) in [5, 5.41) is 0. The van der Waals surface area contributed by atoms with Crippen molar-refractivity contribution in [3.05, 3.63) is 12.3 Å². The van der Waals surface area contributed by atoms with E-state index in [1.807, 2.05) is 6.08 Å². The molecule has 1 rings (SSSR count). The van der Waals surface area contributed by atoms with Gasteiger partial charge in [-0.05, 0) is 18.9 Å². The molecule has 3 nitrogen and oxygen atoms in total. The van der Waals surface area contributed by atoms with E-state index in [1.54, 1.807) is 6.26 Å². The van der Waals surface area contributed by atoms with Crippen LogP contribution in [-0.4, -0.2) is 17.3 Å².